The van der Waals surface area contributed by atoms with Crippen LogP contribution in [0.5, 0.6) is 0 Å². The van der Waals surface area contributed by atoms with Crippen LogP contribution in [0.4, 0.5) is 10.1 Å². The molecular formula is C13H9ClFN3S. The lowest BCUT2D eigenvalue weighted by molar-refractivity contribution is 0.627. The zero-order valence-electron chi connectivity index (χ0n) is 9.68. The summed E-state index contributed by atoms with van der Waals surface area (Å²) in [6.45, 7) is 0. The van der Waals surface area contributed by atoms with E-state index in [0.717, 1.165) is 11.3 Å². The zero-order chi connectivity index (χ0) is 13.4. The Morgan fingerprint density at radius 2 is 2.00 bits per heavy atom. The van der Waals surface area contributed by atoms with E-state index in [1.807, 2.05) is 11.4 Å². The summed E-state index contributed by atoms with van der Waals surface area (Å²) in [7, 11) is 0. The maximum atomic E-state index is 12.9. The summed E-state index contributed by atoms with van der Waals surface area (Å²) >= 11 is 7.33. The number of benzene rings is 1. The van der Waals surface area contributed by atoms with Crippen molar-refractivity contribution in [3.8, 4) is 16.9 Å². The fourth-order valence-electron chi connectivity index (χ4n) is 1.77. The molecule has 0 aliphatic heterocycles. The number of nitrogen functional groups attached to an aromatic ring is 1. The summed E-state index contributed by atoms with van der Waals surface area (Å²) in [6.07, 6.45) is 1.70. The van der Waals surface area contributed by atoms with Crippen LogP contribution in [0.25, 0.3) is 16.9 Å². The van der Waals surface area contributed by atoms with Crippen molar-refractivity contribution < 1.29 is 4.39 Å². The zero-order valence-corrected chi connectivity index (χ0v) is 11.2. The van der Waals surface area contributed by atoms with Gasteiger partial charge < -0.3 is 5.73 Å². The van der Waals surface area contributed by atoms with E-state index in [1.54, 1.807) is 23.0 Å². The molecule has 2 aromatic heterocycles. The monoisotopic (exact) mass is 293 g/mol. The molecule has 0 aliphatic carbocycles. The minimum atomic E-state index is -0.284. The predicted octanol–water partition coefficient (Wildman–Crippen LogP) is 3.98. The van der Waals surface area contributed by atoms with Crippen LogP contribution < -0.4 is 5.73 Å². The fourth-order valence-corrected chi connectivity index (χ4v) is 2.64. The van der Waals surface area contributed by atoms with Crippen molar-refractivity contribution in [3.63, 3.8) is 0 Å². The van der Waals surface area contributed by atoms with E-state index in [0.29, 0.717) is 15.7 Å². The average molecular weight is 294 g/mol. The third-order valence-corrected chi connectivity index (χ3v) is 3.77. The van der Waals surface area contributed by atoms with Gasteiger partial charge in [0.15, 0.2) is 0 Å². The van der Waals surface area contributed by atoms with Gasteiger partial charge in [-0.25, -0.2) is 9.07 Å². The largest absolute Gasteiger partial charge is 0.396 e. The van der Waals surface area contributed by atoms with Gasteiger partial charge in [0, 0.05) is 10.9 Å². The first-order chi connectivity index (χ1) is 9.13. The van der Waals surface area contributed by atoms with Gasteiger partial charge in [-0.1, -0.05) is 11.6 Å². The van der Waals surface area contributed by atoms with Crippen LogP contribution in [0.1, 0.15) is 0 Å². The number of anilines is 1. The fraction of sp³-hybridized carbons (Fsp3) is 0. The van der Waals surface area contributed by atoms with Crippen molar-refractivity contribution in [2.45, 2.75) is 0 Å². The van der Waals surface area contributed by atoms with Crippen molar-refractivity contribution in [1.82, 2.24) is 9.78 Å². The quantitative estimate of drug-likeness (QED) is 0.777. The smallest absolute Gasteiger partial charge is 0.123 e. The molecule has 0 amide bonds. The summed E-state index contributed by atoms with van der Waals surface area (Å²) < 4.78 is 15.2. The number of nitrogens with two attached hydrogens (primary N) is 1. The molecule has 0 unspecified atom stereocenters. The Bertz CT molecular complexity index is 718. The summed E-state index contributed by atoms with van der Waals surface area (Å²) in [4.78, 5) is 0. The molecule has 19 heavy (non-hydrogen) atoms. The maximum absolute atomic E-state index is 12.9. The van der Waals surface area contributed by atoms with Gasteiger partial charge in [-0.05, 0) is 30.3 Å². The topological polar surface area (TPSA) is 43.8 Å². The second-order valence-corrected chi connectivity index (χ2v) is 5.54. The SMILES string of the molecule is Nc1cn(-c2ccc(F)cc2)nc1-c1csc(Cl)c1. The Morgan fingerprint density at radius 3 is 2.63 bits per heavy atom. The van der Waals surface area contributed by atoms with Crippen molar-refractivity contribution in [2.75, 3.05) is 5.73 Å². The highest BCUT2D eigenvalue weighted by molar-refractivity contribution is 7.14. The van der Waals surface area contributed by atoms with Crippen LogP contribution in [0.3, 0.4) is 0 Å². The van der Waals surface area contributed by atoms with Gasteiger partial charge in [0.25, 0.3) is 0 Å². The van der Waals surface area contributed by atoms with Gasteiger partial charge >= 0.3 is 0 Å². The molecule has 2 N–H and O–H groups in total. The molecule has 1 aromatic carbocycles. The lowest BCUT2D eigenvalue weighted by atomic mass is 10.2. The molecule has 0 radical (unpaired) electrons. The molecule has 0 aliphatic rings. The van der Waals surface area contributed by atoms with Gasteiger partial charge in [-0.3, -0.25) is 0 Å². The van der Waals surface area contributed by atoms with Crippen LogP contribution in [0.15, 0.2) is 41.9 Å². The molecule has 6 heteroatoms. The second kappa shape index (κ2) is 4.68. The van der Waals surface area contributed by atoms with Crippen LogP contribution in [0, 0.1) is 5.82 Å². The third-order valence-electron chi connectivity index (χ3n) is 2.67. The van der Waals surface area contributed by atoms with Gasteiger partial charge in [-0.15, -0.1) is 11.3 Å². The van der Waals surface area contributed by atoms with Gasteiger partial charge in [0.1, 0.15) is 11.5 Å². The van der Waals surface area contributed by atoms with E-state index in [1.165, 1.54) is 23.5 Å². The van der Waals surface area contributed by atoms with Crippen LogP contribution in [-0.4, -0.2) is 9.78 Å². The lowest BCUT2D eigenvalue weighted by Crippen LogP contribution is -1.94. The van der Waals surface area contributed by atoms with E-state index in [4.69, 9.17) is 17.3 Å². The number of thiophene rings is 1. The summed E-state index contributed by atoms with van der Waals surface area (Å²) in [6, 6.07) is 7.88. The number of hydrogen-bond donors (Lipinski definition) is 1. The van der Waals surface area contributed by atoms with E-state index in [2.05, 4.69) is 5.10 Å². The first-order valence-electron chi connectivity index (χ1n) is 5.49. The minimum Gasteiger partial charge on any atom is -0.396 e. The highest BCUT2D eigenvalue weighted by Gasteiger charge is 2.11. The standard InChI is InChI=1S/C13H9ClFN3S/c14-12-5-8(7-19-12)13-11(16)6-18(17-13)10-3-1-9(15)2-4-10/h1-7H,16H2. The van der Waals surface area contributed by atoms with E-state index < -0.39 is 0 Å². The Labute approximate surface area is 118 Å². The molecule has 3 nitrogen and oxygen atoms in total. The Morgan fingerprint density at radius 1 is 1.26 bits per heavy atom. The molecule has 0 fully saturated rings. The number of hydrogen-bond acceptors (Lipinski definition) is 3. The summed E-state index contributed by atoms with van der Waals surface area (Å²) in [5.41, 5.74) is 8.82. The van der Waals surface area contributed by atoms with Gasteiger partial charge in [-0.2, -0.15) is 5.10 Å². The molecule has 0 spiro atoms. The van der Waals surface area contributed by atoms with E-state index >= 15 is 0 Å². The normalized spacial score (nSPS) is 10.8. The van der Waals surface area contributed by atoms with Crippen LogP contribution in [-0.2, 0) is 0 Å². The van der Waals surface area contributed by atoms with Crippen molar-refractivity contribution in [3.05, 3.63) is 52.1 Å². The molecule has 0 atom stereocenters. The average Bonchev–Trinajstić information content (AvgIpc) is 2.96. The number of nitrogens with zero attached hydrogens (tertiary/aromatic N) is 2. The number of rotatable bonds is 2. The molecule has 3 aromatic rings. The van der Waals surface area contributed by atoms with E-state index in [9.17, 15) is 4.39 Å². The van der Waals surface area contributed by atoms with Crippen molar-refractivity contribution in [2.24, 2.45) is 0 Å². The molecule has 0 bridgehead atoms. The number of halogens is 2. The molecule has 2 heterocycles. The number of aromatic nitrogens is 2. The Balaban J connectivity index is 2.04. The summed E-state index contributed by atoms with van der Waals surface area (Å²) in [5, 5.41) is 6.31. The highest BCUT2D eigenvalue weighted by atomic mass is 35.5. The van der Waals surface area contributed by atoms with Crippen molar-refractivity contribution in [1.29, 1.82) is 0 Å². The van der Waals surface area contributed by atoms with E-state index in [-0.39, 0.29) is 5.82 Å². The third kappa shape index (κ3) is 2.34. The lowest BCUT2D eigenvalue weighted by Gasteiger charge is -1.99. The molecule has 0 saturated heterocycles. The van der Waals surface area contributed by atoms with Crippen LogP contribution >= 0.6 is 22.9 Å². The van der Waals surface area contributed by atoms with Gasteiger partial charge in [0.05, 0.1) is 21.9 Å². The van der Waals surface area contributed by atoms with Crippen molar-refractivity contribution >= 4 is 28.6 Å². The predicted molar refractivity (Wildman–Crippen MR) is 76.3 cm³/mol. The molecular weight excluding hydrogens is 285 g/mol. The molecule has 3 rings (SSSR count). The van der Waals surface area contributed by atoms with Crippen LogP contribution in [0.2, 0.25) is 4.34 Å². The first kappa shape index (κ1) is 12.2. The Kier molecular flexibility index (Phi) is 3.00. The maximum Gasteiger partial charge on any atom is 0.123 e. The Hall–Kier alpha value is -1.85. The minimum absolute atomic E-state index is 0.284. The molecule has 96 valence electrons. The second-order valence-electron chi connectivity index (χ2n) is 3.99. The first-order valence-corrected chi connectivity index (χ1v) is 6.75. The van der Waals surface area contributed by atoms with Gasteiger partial charge in [0.2, 0.25) is 0 Å². The summed E-state index contributed by atoms with van der Waals surface area (Å²) in [5.74, 6) is -0.284. The highest BCUT2D eigenvalue weighted by Crippen LogP contribution is 2.31. The molecule has 0 saturated carbocycles.